The van der Waals surface area contributed by atoms with Crippen molar-refractivity contribution in [2.24, 2.45) is 0 Å². The molecular weight excluding hydrogens is 1480 g/mol. The van der Waals surface area contributed by atoms with Crippen LogP contribution in [0.15, 0.2) is 226 Å². The second-order valence-electron chi connectivity index (χ2n) is 23.0. The van der Waals surface area contributed by atoms with E-state index < -0.39 is 5.97 Å². The molecule has 9 heterocycles. The Morgan fingerprint density at radius 2 is 0.780 bits per heavy atom. The molecule has 24 heteroatoms. The van der Waals surface area contributed by atoms with Crippen molar-refractivity contribution in [1.29, 1.82) is 0 Å². The molecule has 2 fully saturated rings. The number of nitrogens with zero attached hydrogens (tertiary/aromatic N) is 13. The molecule has 16 rings (SSSR count). The first-order valence-corrected chi connectivity index (χ1v) is 34.8. The molecule has 2 saturated heterocycles. The van der Waals surface area contributed by atoms with Crippen molar-refractivity contribution >= 4 is 132 Å². The number of alkyl halides is 1. The Balaban J connectivity index is 0.000000125. The van der Waals surface area contributed by atoms with E-state index in [4.69, 9.17) is 42.8 Å². The molecule has 20 nitrogen and oxygen atoms in total. The number of carbonyl (C=O) groups is 1. The lowest BCUT2D eigenvalue weighted by Crippen LogP contribution is -2.35. The van der Waals surface area contributed by atoms with Crippen LogP contribution in [0.2, 0.25) is 0 Å². The maximum absolute atomic E-state index is 10.9. The molecule has 2 aliphatic heterocycles. The van der Waals surface area contributed by atoms with Gasteiger partial charge < -0.3 is 31.2 Å². The van der Waals surface area contributed by atoms with Gasteiger partial charge >= 0.3 is 5.97 Å². The minimum absolute atomic E-state index is 0.0511. The number of benzene rings is 7. The lowest BCUT2D eigenvalue weighted by atomic mass is 10.0. The van der Waals surface area contributed by atoms with Gasteiger partial charge in [-0.15, -0.1) is 32.0 Å². The number of nitrogen functional groups attached to an aromatic ring is 2. The number of carboxylic acid groups (broad SMARTS) is 1. The van der Waals surface area contributed by atoms with Gasteiger partial charge in [0.2, 0.25) is 11.9 Å². The molecule has 0 amide bonds. The number of halogens is 4. The van der Waals surface area contributed by atoms with Gasteiger partial charge in [-0.3, -0.25) is 34.7 Å². The average Bonchev–Trinajstić information content (AvgIpc) is 0.796. The summed E-state index contributed by atoms with van der Waals surface area (Å²) < 4.78 is 13.9. The third-order valence-electron chi connectivity index (χ3n) is 16.5. The van der Waals surface area contributed by atoms with Crippen LogP contribution in [0.3, 0.4) is 0 Å². The van der Waals surface area contributed by atoms with E-state index in [1.54, 1.807) is 24.5 Å². The molecule has 100 heavy (non-hydrogen) atoms. The Labute approximate surface area is 605 Å². The molecule has 0 bridgehead atoms. The van der Waals surface area contributed by atoms with Gasteiger partial charge in [-0.05, 0) is 131 Å². The maximum atomic E-state index is 10.9. The first-order valence-electron chi connectivity index (χ1n) is 31.8. The van der Waals surface area contributed by atoms with Crippen LogP contribution in [0.25, 0.3) is 99.5 Å². The molecule has 502 valence electrons. The number of carboxylic acids is 1. The van der Waals surface area contributed by atoms with Gasteiger partial charge in [0.1, 0.15) is 22.8 Å². The average molecular weight is 1540 g/mol. The quantitative estimate of drug-likeness (QED) is 0.0876. The number of nitrogens with two attached hydrogens (primary N) is 2. The Hall–Kier alpha value is -9.79. The molecule has 14 aromatic rings. The summed E-state index contributed by atoms with van der Waals surface area (Å²) in [6.45, 7) is 8.65. The SMILES string of the molecule is ClCc1ccnc2ccc(Br)cc12.Nc1nnc(-c2ccc3nccc(CN4CCOCC4)c3c2)c(-c2ccccc2)n1.Nc1nnc(-c2ccc3nccc(CN4CCOCC4)c3c2)c(-c2ccccc2)n1.O=C(O)c1ccnc2ccc(Br)cc12.OCc1ccnc2ccc(Br)cc12. The van der Waals surface area contributed by atoms with Crippen LogP contribution in [0.4, 0.5) is 11.9 Å². The summed E-state index contributed by atoms with van der Waals surface area (Å²) >= 11 is 15.9. The summed E-state index contributed by atoms with van der Waals surface area (Å²) in [6.07, 6.45) is 8.74. The van der Waals surface area contributed by atoms with Crippen molar-refractivity contribution in [1.82, 2.24) is 65.1 Å². The molecule has 0 saturated carbocycles. The number of hydrogen-bond donors (Lipinski definition) is 4. The number of aromatic nitrogens is 11. The highest BCUT2D eigenvalue weighted by molar-refractivity contribution is 9.11. The molecule has 6 N–H and O–H groups in total. The highest BCUT2D eigenvalue weighted by Gasteiger charge is 2.20. The summed E-state index contributed by atoms with van der Waals surface area (Å²) in [4.78, 5) is 46.3. The van der Waals surface area contributed by atoms with Crippen molar-refractivity contribution in [2.75, 3.05) is 64.1 Å². The Kier molecular flexibility index (Phi) is 23.7. The van der Waals surface area contributed by atoms with Gasteiger partial charge in [0.25, 0.3) is 0 Å². The minimum Gasteiger partial charge on any atom is -0.478 e. The molecule has 2 aliphatic rings. The van der Waals surface area contributed by atoms with Gasteiger partial charge in [0.15, 0.2) is 0 Å². The number of rotatable bonds is 11. The highest BCUT2D eigenvalue weighted by atomic mass is 79.9. The van der Waals surface area contributed by atoms with Crippen LogP contribution in [0.1, 0.15) is 32.6 Å². The zero-order chi connectivity index (χ0) is 69.3. The van der Waals surface area contributed by atoms with Crippen LogP contribution in [0.5, 0.6) is 0 Å². The lowest BCUT2D eigenvalue weighted by Gasteiger charge is -2.27. The first kappa shape index (κ1) is 70.1. The molecule has 0 unspecified atom stereocenters. The first-order chi connectivity index (χ1) is 48.9. The maximum Gasteiger partial charge on any atom is 0.336 e. The number of pyridine rings is 5. The van der Waals surface area contributed by atoms with E-state index in [1.165, 1.54) is 23.4 Å². The van der Waals surface area contributed by atoms with E-state index in [-0.39, 0.29) is 24.1 Å². The third kappa shape index (κ3) is 17.6. The number of anilines is 2. The molecule has 0 radical (unpaired) electrons. The largest absolute Gasteiger partial charge is 0.478 e. The normalized spacial score (nSPS) is 13.1. The van der Waals surface area contributed by atoms with Crippen molar-refractivity contribution in [2.45, 2.75) is 25.6 Å². The van der Waals surface area contributed by atoms with Crippen LogP contribution in [0, 0.1) is 0 Å². The number of ether oxygens (including phenoxy) is 2. The fraction of sp³-hybridized carbons (Fsp3) is 0.158. The van der Waals surface area contributed by atoms with Crippen molar-refractivity contribution < 1.29 is 24.5 Å². The predicted octanol–water partition coefficient (Wildman–Crippen LogP) is 15.3. The molecule has 0 atom stereocenters. The van der Waals surface area contributed by atoms with Crippen LogP contribution in [-0.4, -0.2) is 134 Å². The number of aliphatic hydroxyl groups excluding tert-OH is 1. The smallest absolute Gasteiger partial charge is 0.336 e. The Morgan fingerprint density at radius 3 is 1.19 bits per heavy atom. The Bertz CT molecular complexity index is 4910. The van der Waals surface area contributed by atoms with E-state index in [0.29, 0.717) is 28.2 Å². The summed E-state index contributed by atoms with van der Waals surface area (Å²) in [7, 11) is 0. The fourth-order valence-electron chi connectivity index (χ4n) is 11.5. The van der Waals surface area contributed by atoms with Gasteiger partial charge in [-0.25, -0.2) is 14.8 Å². The number of aromatic carboxylic acids is 1. The standard InChI is InChI=1S/2C23H22N6O.C10H7BrClN.C10H6BrNO2.C10H8BrNO/c2*24-23-26-21(16-4-2-1-3-5-16)22(27-28-23)17-6-7-20-19(14-17)18(8-9-25-20)15-29-10-12-30-13-11-29;11-8-1-2-10-9(5-8)7(6-12)3-4-13-10;11-6-1-2-9-8(5-6)7(10(13)14)3-4-12-9;11-8-1-2-10-9(5-8)7(6-13)3-4-12-10/h2*1-9,14H,10-13,15H2,(H2,24,26,28);1-5H,6H2;1-5H,(H,13,14);1-5,13H,6H2. The zero-order valence-electron chi connectivity index (χ0n) is 53.8. The number of hydrogen-bond acceptors (Lipinski definition) is 19. The molecular formula is C76H65Br3ClN15O5. The molecule has 0 spiro atoms. The van der Waals surface area contributed by atoms with Crippen LogP contribution >= 0.6 is 59.4 Å². The second-order valence-corrected chi connectivity index (χ2v) is 26.0. The van der Waals surface area contributed by atoms with E-state index >= 15 is 0 Å². The number of aliphatic hydroxyl groups is 1. The molecule has 0 aliphatic carbocycles. The number of morpholine rings is 2. The van der Waals surface area contributed by atoms with Crippen molar-refractivity contribution in [3.63, 3.8) is 0 Å². The number of fused-ring (bicyclic) bond motifs is 5. The third-order valence-corrected chi connectivity index (χ3v) is 18.3. The fourth-order valence-corrected chi connectivity index (χ4v) is 12.9. The van der Waals surface area contributed by atoms with Gasteiger partial charge in [0.05, 0.1) is 66.2 Å². The topological polar surface area (TPSA) is 276 Å². The van der Waals surface area contributed by atoms with Crippen molar-refractivity contribution in [3.05, 3.63) is 254 Å². The highest BCUT2D eigenvalue weighted by Crippen LogP contribution is 2.34. The van der Waals surface area contributed by atoms with E-state index in [2.05, 4.69) is 137 Å². The van der Waals surface area contributed by atoms with Gasteiger partial charge in [-0.2, -0.15) is 0 Å². The zero-order valence-corrected chi connectivity index (χ0v) is 59.3. The summed E-state index contributed by atoms with van der Waals surface area (Å²) in [5.74, 6) is -0.0909. The summed E-state index contributed by atoms with van der Waals surface area (Å²) in [5.41, 5.74) is 27.6. The monoisotopic (exact) mass is 1540 g/mol. The second kappa shape index (κ2) is 33.8. The predicted molar refractivity (Wildman–Crippen MR) is 404 cm³/mol. The molecule has 7 aromatic carbocycles. The Morgan fingerprint density at radius 1 is 0.420 bits per heavy atom. The van der Waals surface area contributed by atoms with E-state index in [1.807, 2.05) is 152 Å². The van der Waals surface area contributed by atoms with E-state index in [9.17, 15) is 4.79 Å². The summed E-state index contributed by atoms with van der Waals surface area (Å²) in [5, 5.41) is 39.8. The van der Waals surface area contributed by atoms with Gasteiger partial charge in [-0.1, -0.05) is 121 Å². The van der Waals surface area contributed by atoms with Crippen LogP contribution < -0.4 is 11.5 Å². The van der Waals surface area contributed by atoms with Gasteiger partial charge in [0, 0.05) is 139 Å². The van der Waals surface area contributed by atoms with Crippen LogP contribution in [-0.2, 0) is 35.1 Å². The lowest BCUT2D eigenvalue weighted by molar-refractivity contribution is 0.0343. The van der Waals surface area contributed by atoms with Crippen molar-refractivity contribution in [3.8, 4) is 45.0 Å². The van der Waals surface area contributed by atoms with E-state index in [0.717, 1.165) is 167 Å². The summed E-state index contributed by atoms with van der Waals surface area (Å²) in [6, 6.07) is 58.9. The molecule has 7 aromatic heterocycles. The minimum atomic E-state index is -0.935.